The summed E-state index contributed by atoms with van der Waals surface area (Å²) in [5.41, 5.74) is 0.893. The summed E-state index contributed by atoms with van der Waals surface area (Å²) in [5.74, 6) is 1.16. The first kappa shape index (κ1) is 9.08. The zero-order valence-corrected chi connectivity index (χ0v) is 13.9. The molecule has 0 bridgehead atoms. The Morgan fingerprint density at radius 2 is 1.61 bits per heavy atom. The van der Waals surface area contributed by atoms with E-state index in [0.717, 1.165) is 21.0 Å². The van der Waals surface area contributed by atoms with Crippen molar-refractivity contribution in [3.63, 3.8) is 0 Å². The van der Waals surface area contributed by atoms with E-state index in [-0.39, 0.29) is 5.43 Å². The van der Waals surface area contributed by atoms with Gasteiger partial charge in [0.15, 0.2) is 0 Å². The summed E-state index contributed by atoms with van der Waals surface area (Å²) >= 11 is 6.16. The molecule has 23 heavy (non-hydrogen) atoms. The Morgan fingerprint density at radius 3 is 2.13 bits per heavy atom. The van der Waals surface area contributed by atoms with Crippen molar-refractivity contribution < 1.29 is 10.9 Å². The molecular weight excluding hydrogens is 352 g/mol. The van der Waals surface area contributed by atoms with Crippen molar-refractivity contribution in [2.24, 2.45) is 0 Å². The molecule has 12 rings (SSSR count). The van der Waals surface area contributed by atoms with Crippen LogP contribution in [0, 0.1) is 0 Å². The average Bonchev–Trinajstić information content (AvgIpc) is 3.46. The molecule has 116 valence electrons. The van der Waals surface area contributed by atoms with E-state index in [9.17, 15) is 4.79 Å². The Hall–Kier alpha value is -0.761. The SMILES string of the molecule is O=c1cc([C]23[CH]4[CH]5[CH]6[CH]2[Fe]56432789[CH]3[CH]2[CH]7[CH]8[CH]39)oc2cc(Cl)ccc12. The molecule has 4 atom stereocenters. The summed E-state index contributed by atoms with van der Waals surface area (Å²) < 4.78 is 7.01. The average molecular weight is 365 g/mol. The molecule has 4 heteroatoms. The molecule has 10 saturated heterocycles. The summed E-state index contributed by atoms with van der Waals surface area (Å²) in [6.45, 7) is -3.25. The summed E-state index contributed by atoms with van der Waals surface area (Å²) in [6.07, 6.45) is 0. The van der Waals surface area contributed by atoms with Gasteiger partial charge in [-0.15, -0.1) is 0 Å². The van der Waals surface area contributed by atoms with Crippen molar-refractivity contribution >= 4 is 22.6 Å². The Morgan fingerprint density at radius 1 is 0.957 bits per heavy atom. The Labute approximate surface area is 126 Å². The number of halogens is 1. The van der Waals surface area contributed by atoms with Crippen molar-refractivity contribution in [2.75, 3.05) is 0 Å². The molecule has 2 nitrogen and oxygen atoms in total. The second kappa shape index (κ2) is 0.920. The topological polar surface area (TPSA) is 30.2 Å². The van der Waals surface area contributed by atoms with E-state index in [2.05, 4.69) is 0 Å². The van der Waals surface area contributed by atoms with Gasteiger partial charge in [-0.3, -0.25) is 0 Å². The van der Waals surface area contributed by atoms with Gasteiger partial charge in [0, 0.05) is 0 Å². The van der Waals surface area contributed by atoms with Crippen LogP contribution in [0.3, 0.4) is 0 Å². The Balaban J connectivity index is 1.37. The first-order valence-corrected chi connectivity index (χ1v) is 15.5. The second-order valence-corrected chi connectivity index (χ2v) is 36.3. The van der Waals surface area contributed by atoms with Crippen LogP contribution in [0.15, 0.2) is 33.5 Å². The van der Waals surface area contributed by atoms with Crippen molar-refractivity contribution in [3.05, 3.63) is 45.3 Å². The van der Waals surface area contributed by atoms with Gasteiger partial charge in [-0.2, -0.15) is 0 Å². The minimum absolute atomic E-state index is 0.161. The van der Waals surface area contributed by atoms with Gasteiger partial charge in [0.25, 0.3) is 0 Å². The molecule has 11 heterocycles. The molecular formula is C19H13ClFeO2. The fraction of sp³-hybridized carbons (Fsp3) is 0.526. The molecule has 10 fully saturated rings. The van der Waals surface area contributed by atoms with Gasteiger partial charge in [-0.1, -0.05) is 0 Å². The number of hydrogen-bond donors (Lipinski definition) is 0. The van der Waals surface area contributed by atoms with Crippen LogP contribution in [0.25, 0.3) is 11.0 Å². The monoisotopic (exact) mass is 364 g/mol. The molecule has 0 amide bonds. The Kier molecular flexibility index (Phi) is 0.363. The third-order valence-corrected chi connectivity index (χ3v) is 59.3. The van der Waals surface area contributed by atoms with Gasteiger partial charge in [0.1, 0.15) is 0 Å². The van der Waals surface area contributed by atoms with Gasteiger partial charge >= 0.3 is 126 Å². The molecule has 10 aliphatic rings. The van der Waals surface area contributed by atoms with E-state index >= 15 is 0 Å². The van der Waals surface area contributed by atoms with Crippen LogP contribution in [0.5, 0.6) is 0 Å². The molecule has 10 aliphatic heterocycles. The van der Waals surface area contributed by atoms with Crippen LogP contribution in [0.2, 0.25) is 48.4 Å². The van der Waals surface area contributed by atoms with Gasteiger partial charge < -0.3 is 0 Å². The van der Waals surface area contributed by atoms with Crippen LogP contribution in [0.4, 0.5) is 0 Å². The fourth-order valence-electron chi connectivity index (χ4n) is 18.2. The molecule has 0 aliphatic carbocycles. The van der Waals surface area contributed by atoms with Crippen molar-refractivity contribution in [1.82, 2.24) is 0 Å². The van der Waals surface area contributed by atoms with E-state index in [1.54, 1.807) is 6.07 Å². The summed E-state index contributed by atoms with van der Waals surface area (Å²) in [4.78, 5) is 23.8. The molecule has 0 saturated carbocycles. The number of hydrogen-bond acceptors (Lipinski definition) is 2. The van der Waals surface area contributed by atoms with Crippen LogP contribution in [-0.4, -0.2) is 0 Å². The van der Waals surface area contributed by atoms with Gasteiger partial charge in [0.2, 0.25) is 0 Å². The molecule has 4 unspecified atom stereocenters. The van der Waals surface area contributed by atoms with E-state index in [1.165, 1.54) is 33.7 Å². The van der Waals surface area contributed by atoms with Crippen LogP contribution in [-0.2, 0) is 10.8 Å². The van der Waals surface area contributed by atoms with E-state index in [0.29, 0.717) is 14.7 Å². The van der Waals surface area contributed by atoms with Crippen LogP contribution < -0.4 is 5.43 Å². The molecule has 2 aromatic rings. The van der Waals surface area contributed by atoms with Gasteiger partial charge in [-0.25, -0.2) is 0 Å². The molecule has 0 N–H and O–H groups in total. The predicted molar refractivity (Wildman–Crippen MR) is 82.9 cm³/mol. The number of benzene rings is 1. The molecule has 1 aromatic carbocycles. The van der Waals surface area contributed by atoms with E-state index in [4.69, 9.17) is 16.0 Å². The summed E-state index contributed by atoms with van der Waals surface area (Å²) in [5, 5.41) is 1.37. The fourth-order valence-corrected chi connectivity index (χ4v) is 92.2. The maximum absolute atomic E-state index is 12.7. The number of fused-ring (bicyclic) bond motifs is 11. The second-order valence-electron chi connectivity index (χ2n) is 12.3. The third-order valence-electron chi connectivity index (χ3n) is 16.7. The molecule has 1 aromatic heterocycles. The van der Waals surface area contributed by atoms with Crippen molar-refractivity contribution in [1.29, 1.82) is 0 Å². The number of rotatable bonds is 1. The minimum atomic E-state index is -3.25. The summed E-state index contributed by atoms with van der Waals surface area (Å²) in [7, 11) is 0. The zero-order valence-electron chi connectivity index (χ0n) is 12.1. The molecule has 0 radical (unpaired) electrons. The zero-order chi connectivity index (χ0) is 14.4. The van der Waals surface area contributed by atoms with E-state index < -0.39 is 6.51 Å². The quantitative estimate of drug-likeness (QED) is 0.648. The normalized spacial score (nSPS) is 91.3. The van der Waals surface area contributed by atoms with Crippen molar-refractivity contribution in [3.8, 4) is 0 Å². The maximum atomic E-state index is 12.7. The molecule has 1 spiro atoms. The Bertz CT molecular complexity index is 1510. The van der Waals surface area contributed by atoms with E-state index in [1.807, 2.05) is 18.2 Å². The predicted octanol–water partition coefficient (Wildman–Crippen LogP) is 5.24. The van der Waals surface area contributed by atoms with Crippen molar-refractivity contribution in [2.45, 2.75) is 47.7 Å². The van der Waals surface area contributed by atoms with Gasteiger partial charge in [-0.05, 0) is 0 Å². The van der Waals surface area contributed by atoms with Gasteiger partial charge in [0.05, 0.1) is 0 Å². The van der Waals surface area contributed by atoms with Crippen LogP contribution in [0.1, 0.15) is 5.76 Å². The summed E-state index contributed by atoms with van der Waals surface area (Å²) in [6, 6.07) is 7.40. The standard InChI is InChI=1S/C14H8ClO2.C5H5.Fe/c15-10-5-6-11-12(16)8-13(17-14(11)7-10)9-3-1-2-4-9;1-2-4-5-3-1;/h1-8H;1-5H;. The first-order chi connectivity index (χ1) is 10.9. The van der Waals surface area contributed by atoms with Crippen LogP contribution >= 0.6 is 11.6 Å². The third kappa shape index (κ3) is 0.133. The first-order valence-electron chi connectivity index (χ1n) is 8.87.